The SMILES string of the molecule is CCOc1cc([C@@H]2Nc3cc(C)c(C)cc3NC3=C2C(=O)CC(C)(C)C3)ccc1O. The molecule has 4 rings (SSSR count). The minimum Gasteiger partial charge on any atom is -0.504 e. The van der Waals surface area contributed by atoms with Gasteiger partial charge in [0.2, 0.25) is 0 Å². The predicted molar refractivity (Wildman–Crippen MR) is 120 cm³/mol. The molecular formula is C25H30N2O3. The quantitative estimate of drug-likeness (QED) is 0.616. The third-order valence-corrected chi connectivity index (χ3v) is 6.04. The van der Waals surface area contributed by atoms with Gasteiger partial charge < -0.3 is 20.5 Å². The summed E-state index contributed by atoms with van der Waals surface area (Å²) in [4.78, 5) is 13.3. The molecule has 1 aliphatic carbocycles. The van der Waals surface area contributed by atoms with Gasteiger partial charge in [0, 0.05) is 17.7 Å². The number of aromatic hydroxyl groups is 1. The Bertz CT molecular complexity index is 1050. The van der Waals surface area contributed by atoms with Crippen molar-refractivity contribution in [3.63, 3.8) is 0 Å². The van der Waals surface area contributed by atoms with Crippen LogP contribution < -0.4 is 15.4 Å². The highest BCUT2D eigenvalue weighted by Gasteiger charge is 2.39. The van der Waals surface area contributed by atoms with Crippen LogP contribution in [0.25, 0.3) is 0 Å². The van der Waals surface area contributed by atoms with E-state index in [1.165, 1.54) is 11.1 Å². The van der Waals surface area contributed by atoms with Crippen LogP contribution in [0.1, 0.15) is 56.3 Å². The Balaban J connectivity index is 1.89. The Hall–Kier alpha value is -2.95. The summed E-state index contributed by atoms with van der Waals surface area (Å²) in [6.45, 7) is 10.8. The van der Waals surface area contributed by atoms with E-state index in [0.717, 1.165) is 34.6 Å². The number of phenolic OH excluding ortho intramolecular Hbond substituents is 1. The number of hydrogen-bond acceptors (Lipinski definition) is 5. The highest BCUT2D eigenvalue weighted by Crippen LogP contribution is 2.46. The summed E-state index contributed by atoms with van der Waals surface area (Å²) in [6.07, 6.45) is 1.31. The number of carbonyl (C=O) groups is 1. The zero-order chi connectivity index (χ0) is 21.6. The molecule has 0 saturated carbocycles. The fraction of sp³-hybridized carbons (Fsp3) is 0.400. The standard InChI is InChI=1S/C25H30N2O3/c1-6-30-22-11-16(7-8-20(22)28)24-23-19(12-25(4,5)13-21(23)29)26-17-9-14(2)15(3)10-18(17)27-24/h7-11,24,26-28H,6,12-13H2,1-5H3/t24-/m0/s1. The third kappa shape index (κ3) is 3.64. The van der Waals surface area contributed by atoms with Crippen LogP contribution in [0.2, 0.25) is 0 Å². The second-order valence-electron chi connectivity index (χ2n) is 9.18. The van der Waals surface area contributed by atoms with E-state index in [1.54, 1.807) is 6.07 Å². The molecule has 158 valence electrons. The molecule has 5 nitrogen and oxygen atoms in total. The molecule has 0 bridgehead atoms. The largest absolute Gasteiger partial charge is 0.504 e. The van der Waals surface area contributed by atoms with E-state index < -0.39 is 0 Å². The monoisotopic (exact) mass is 406 g/mol. The number of rotatable bonds is 3. The number of fused-ring (bicyclic) bond motifs is 1. The molecule has 0 amide bonds. The first kappa shape index (κ1) is 20.3. The predicted octanol–water partition coefficient (Wildman–Crippen LogP) is 5.63. The Labute approximate surface area is 178 Å². The van der Waals surface area contributed by atoms with Gasteiger partial charge in [0.15, 0.2) is 17.3 Å². The normalized spacial score (nSPS) is 19.9. The van der Waals surface area contributed by atoms with E-state index in [4.69, 9.17) is 4.74 Å². The molecule has 3 N–H and O–H groups in total. The summed E-state index contributed by atoms with van der Waals surface area (Å²) in [5.41, 5.74) is 6.89. The molecule has 1 aliphatic heterocycles. The van der Waals surface area contributed by atoms with Crippen molar-refractivity contribution >= 4 is 17.2 Å². The van der Waals surface area contributed by atoms with Crippen LogP contribution in [0.4, 0.5) is 11.4 Å². The van der Waals surface area contributed by atoms with Crippen LogP contribution in [0, 0.1) is 19.3 Å². The first-order chi connectivity index (χ1) is 14.2. The minimum absolute atomic E-state index is 0.0941. The smallest absolute Gasteiger partial charge is 0.163 e. The molecule has 0 unspecified atom stereocenters. The summed E-state index contributed by atoms with van der Waals surface area (Å²) < 4.78 is 5.61. The lowest BCUT2D eigenvalue weighted by atomic mass is 9.73. The summed E-state index contributed by atoms with van der Waals surface area (Å²) in [7, 11) is 0. The molecule has 30 heavy (non-hydrogen) atoms. The maximum Gasteiger partial charge on any atom is 0.163 e. The number of hydrogen-bond donors (Lipinski definition) is 3. The summed E-state index contributed by atoms with van der Waals surface area (Å²) in [5, 5.41) is 17.4. The van der Waals surface area contributed by atoms with Gasteiger partial charge in [-0.3, -0.25) is 4.79 Å². The van der Waals surface area contributed by atoms with Gasteiger partial charge in [0.05, 0.1) is 24.0 Å². The Morgan fingerprint density at radius 2 is 1.80 bits per heavy atom. The van der Waals surface area contributed by atoms with Crippen LogP contribution in [0.5, 0.6) is 11.5 Å². The molecule has 0 radical (unpaired) electrons. The lowest BCUT2D eigenvalue weighted by Crippen LogP contribution is -2.31. The number of ketones is 1. The minimum atomic E-state index is -0.320. The van der Waals surface area contributed by atoms with Crippen LogP contribution in [-0.4, -0.2) is 17.5 Å². The molecule has 2 aromatic carbocycles. The average molecular weight is 407 g/mol. The van der Waals surface area contributed by atoms with Crippen LogP contribution in [0.3, 0.4) is 0 Å². The van der Waals surface area contributed by atoms with Crippen molar-refractivity contribution < 1.29 is 14.6 Å². The number of Topliss-reactive ketones (excluding diaryl/α,β-unsaturated/α-hetero) is 1. The van der Waals surface area contributed by atoms with Crippen molar-refractivity contribution in [3.8, 4) is 11.5 Å². The molecule has 5 heteroatoms. The zero-order valence-corrected chi connectivity index (χ0v) is 18.3. The fourth-order valence-electron chi connectivity index (χ4n) is 4.44. The maximum atomic E-state index is 13.3. The van der Waals surface area contributed by atoms with Gasteiger partial charge in [-0.2, -0.15) is 0 Å². The number of nitrogens with one attached hydrogen (secondary N) is 2. The molecule has 0 fully saturated rings. The summed E-state index contributed by atoms with van der Waals surface area (Å²) in [6, 6.07) is 9.28. The van der Waals surface area contributed by atoms with E-state index in [1.807, 2.05) is 19.1 Å². The molecular weight excluding hydrogens is 376 g/mol. The van der Waals surface area contributed by atoms with Crippen LogP contribution >= 0.6 is 0 Å². The molecule has 0 spiro atoms. The van der Waals surface area contributed by atoms with Gasteiger partial charge in [-0.1, -0.05) is 19.9 Å². The highest BCUT2D eigenvalue weighted by molar-refractivity contribution is 6.01. The van der Waals surface area contributed by atoms with Gasteiger partial charge in [0.1, 0.15) is 0 Å². The lowest BCUT2D eigenvalue weighted by Gasteiger charge is -2.34. The molecule has 2 aromatic rings. The highest BCUT2D eigenvalue weighted by atomic mass is 16.5. The zero-order valence-electron chi connectivity index (χ0n) is 18.3. The van der Waals surface area contributed by atoms with Gasteiger partial charge in [-0.15, -0.1) is 0 Å². The number of ether oxygens (including phenoxy) is 1. The van der Waals surface area contributed by atoms with Crippen molar-refractivity contribution in [2.45, 2.75) is 53.5 Å². The molecule has 1 heterocycles. The second-order valence-corrected chi connectivity index (χ2v) is 9.18. The third-order valence-electron chi connectivity index (χ3n) is 6.04. The number of benzene rings is 2. The number of allylic oxidation sites excluding steroid dienone is 1. The number of carbonyl (C=O) groups excluding carboxylic acids is 1. The van der Waals surface area contributed by atoms with E-state index in [2.05, 4.69) is 50.5 Å². The molecule has 0 aromatic heterocycles. The van der Waals surface area contributed by atoms with E-state index in [0.29, 0.717) is 18.8 Å². The average Bonchev–Trinajstić information content (AvgIpc) is 2.80. The second kappa shape index (κ2) is 7.38. The van der Waals surface area contributed by atoms with Gasteiger partial charge in [-0.25, -0.2) is 0 Å². The topological polar surface area (TPSA) is 70.6 Å². The first-order valence-electron chi connectivity index (χ1n) is 10.6. The van der Waals surface area contributed by atoms with Crippen molar-refractivity contribution in [1.82, 2.24) is 0 Å². The maximum absolute atomic E-state index is 13.3. The van der Waals surface area contributed by atoms with Crippen LogP contribution in [0.15, 0.2) is 41.6 Å². The van der Waals surface area contributed by atoms with Crippen molar-refractivity contribution in [3.05, 3.63) is 58.3 Å². The van der Waals surface area contributed by atoms with Crippen molar-refractivity contribution in [2.75, 3.05) is 17.2 Å². The van der Waals surface area contributed by atoms with E-state index >= 15 is 0 Å². The molecule has 2 aliphatic rings. The summed E-state index contributed by atoms with van der Waals surface area (Å²) in [5.74, 6) is 0.683. The first-order valence-corrected chi connectivity index (χ1v) is 10.6. The molecule has 1 atom stereocenters. The lowest BCUT2D eigenvalue weighted by molar-refractivity contribution is -0.118. The van der Waals surface area contributed by atoms with Crippen molar-refractivity contribution in [1.29, 1.82) is 0 Å². The number of phenols is 1. The summed E-state index contributed by atoms with van der Waals surface area (Å²) >= 11 is 0. The van der Waals surface area contributed by atoms with Gasteiger partial charge >= 0.3 is 0 Å². The Kier molecular flexibility index (Phi) is 5.00. The number of anilines is 2. The van der Waals surface area contributed by atoms with Crippen LogP contribution in [-0.2, 0) is 4.79 Å². The van der Waals surface area contributed by atoms with Crippen molar-refractivity contribution in [2.24, 2.45) is 5.41 Å². The number of aryl methyl sites for hydroxylation is 2. The van der Waals surface area contributed by atoms with Gasteiger partial charge in [0.25, 0.3) is 0 Å². The molecule has 0 saturated heterocycles. The Morgan fingerprint density at radius 3 is 2.50 bits per heavy atom. The van der Waals surface area contributed by atoms with Gasteiger partial charge in [-0.05, 0) is 73.6 Å². The Morgan fingerprint density at radius 1 is 1.10 bits per heavy atom. The van der Waals surface area contributed by atoms with E-state index in [-0.39, 0.29) is 23.0 Å². The van der Waals surface area contributed by atoms with E-state index in [9.17, 15) is 9.90 Å². The fourth-order valence-corrected chi connectivity index (χ4v) is 4.44.